The van der Waals surface area contributed by atoms with Crippen molar-refractivity contribution >= 4 is 17.5 Å². The van der Waals surface area contributed by atoms with E-state index in [1.807, 2.05) is 4.90 Å². The SMILES string of the molecule is Clc1nc(OCC2CCOC2)nc(N2CCOCC2)n1. The minimum Gasteiger partial charge on any atom is -0.463 e. The van der Waals surface area contributed by atoms with Gasteiger partial charge >= 0.3 is 6.01 Å². The predicted molar refractivity (Wildman–Crippen MR) is 72.3 cm³/mol. The van der Waals surface area contributed by atoms with Crippen molar-refractivity contribution in [3.05, 3.63) is 5.28 Å². The number of aromatic nitrogens is 3. The minimum absolute atomic E-state index is 0.152. The summed E-state index contributed by atoms with van der Waals surface area (Å²) in [5, 5.41) is 0.152. The molecule has 7 nitrogen and oxygen atoms in total. The molecule has 1 unspecified atom stereocenters. The maximum absolute atomic E-state index is 5.94. The molecule has 0 aromatic carbocycles. The second-order valence-electron chi connectivity index (χ2n) is 4.83. The molecule has 0 radical (unpaired) electrons. The van der Waals surface area contributed by atoms with Crippen LogP contribution in [0.25, 0.3) is 0 Å². The van der Waals surface area contributed by atoms with Crippen LogP contribution in [0.15, 0.2) is 0 Å². The number of morpholine rings is 1. The van der Waals surface area contributed by atoms with Crippen LogP contribution < -0.4 is 9.64 Å². The van der Waals surface area contributed by atoms with Crippen molar-refractivity contribution < 1.29 is 14.2 Å². The summed E-state index contributed by atoms with van der Waals surface area (Å²) in [6.45, 7) is 4.90. The fourth-order valence-corrected chi connectivity index (χ4v) is 2.35. The van der Waals surface area contributed by atoms with E-state index in [1.165, 1.54) is 0 Å². The number of anilines is 1. The lowest BCUT2D eigenvalue weighted by molar-refractivity contribution is 0.121. The van der Waals surface area contributed by atoms with E-state index in [-0.39, 0.29) is 11.3 Å². The molecule has 2 aliphatic rings. The Labute approximate surface area is 122 Å². The van der Waals surface area contributed by atoms with Gasteiger partial charge < -0.3 is 19.1 Å². The molecule has 3 rings (SSSR count). The van der Waals surface area contributed by atoms with Gasteiger partial charge in [0.25, 0.3) is 0 Å². The molecule has 20 heavy (non-hydrogen) atoms. The standard InChI is InChI=1S/C12H17ClN4O3/c13-10-14-11(17-2-5-18-6-3-17)16-12(15-10)20-8-9-1-4-19-7-9/h9H,1-8H2. The van der Waals surface area contributed by atoms with Crippen LogP contribution in [0.1, 0.15) is 6.42 Å². The van der Waals surface area contributed by atoms with Gasteiger partial charge in [0.2, 0.25) is 11.2 Å². The summed E-state index contributed by atoms with van der Waals surface area (Å²) in [7, 11) is 0. The molecule has 3 heterocycles. The van der Waals surface area contributed by atoms with Gasteiger partial charge in [0.1, 0.15) is 0 Å². The average Bonchev–Trinajstić information content (AvgIpc) is 2.99. The molecule has 0 amide bonds. The largest absolute Gasteiger partial charge is 0.463 e. The number of ether oxygens (including phenoxy) is 3. The fourth-order valence-electron chi connectivity index (χ4n) is 2.20. The van der Waals surface area contributed by atoms with E-state index in [4.69, 9.17) is 25.8 Å². The van der Waals surface area contributed by atoms with Gasteiger partial charge in [0, 0.05) is 25.6 Å². The van der Waals surface area contributed by atoms with Crippen LogP contribution in [0.4, 0.5) is 5.95 Å². The summed E-state index contributed by atoms with van der Waals surface area (Å²) < 4.78 is 16.2. The highest BCUT2D eigenvalue weighted by Gasteiger charge is 2.19. The molecular formula is C12H17ClN4O3. The Morgan fingerprint density at radius 1 is 1.15 bits per heavy atom. The molecule has 1 aromatic rings. The quantitative estimate of drug-likeness (QED) is 0.813. The molecule has 0 spiro atoms. The number of halogens is 1. The molecular weight excluding hydrogens is 284 g/mol. The summed E-state index contributed by atoms with van der Waals surface area (Å²) in [6, 6.07) is 0.276. The monoisotopic (exact) mass is 300 g/mol. The number of hydrogen-bond acceptors (Lipinski definition) is 7. The molecule has 2 aliphatic heterocycles. The average molecular weight is 301 g/mol. The Balaban J connectivity index is 1.65. The van der Waals surface area contributed by atoms with Crippen LogP contribution in [0.2, 0.25) is 5.28 Å². The van der Waals surface area contributed by atoms with Crippen LogP contribution in [0, 0.1) is 5.92 Å². The lowest BCUT2D eigenvalue weighted by Gasteiger charge is -2.26. The summed E-state index contributed by atoms with van der Waals surface area (Å²) in [5.41, 5.74) is 0. The highest BCUT2D eigenvalue weighted by Crippen LogP contribution is 2.18. The Hall–Kier alpha value is -1.18. The van der Waals surface area contributed by atoms with Crippen LogP contribution in [-0.2, 0) is 9.47 Å². The lowest BCUT2D eigenvalue weighted by atomic mass is 10.1. The maximum atomic E-state index is 5.94. The van der Waals surface area contributed by atoms with Crippen LogP contribution in [0.3, 0.4) is 0 Å². The van der Waals surface area contributed by atoms with Gasteiger partial charge in [-0.2, -0.15) is 15.0 Å². The molecule has 2 fully saturated rings. The van der Waals surface area contributed by atoms with Crippen molar-refractivity contribution in [1.82, 2.24) is 15.0 Å². The van der Waals surface area contributed by atoms with Gasteiger partial charge in [-0.15, -0.1) is 0 Å². The van der Waals surface area contributed by atoms with E-state index in [2.05, 4.69) is 15.0 Å². The van der Waals surface area contributed by atoms with Gasteiger partial charge in [0.05, 0.1) is 26.4 Å². The summed E-state index contributed by atoms with van der Waals surface area (Å²) in [4.78, 5) is 14.5. The molecule has 2 saturated heterocycles. The van der Waals surface area contributed by atoms with E-state index in [9.17, 15) is 0 Å². The molecule has 8 heteroatoms. The fraction of sp³-hybridized carbons (Fsp3) is 0.750. The first kappa shape index (κ1) is 13.8. The van der Waals surface area contributed by atoms with Crippen molar-refractivity contribution in [3.8, 4) is 6.01 Å². The molecule has 0 bridgehead atoms. The van der Waals surface area contributed by atoms with Gasteiger partial charge in [0.15, 0.2) is 0 Å². The maximum Gasteiger partial charge on any atom is 0.322 e. The second kappa shape index (κ2) is 6.51. The van der Waals surface area contributed by atoms with E-state index >= 15 is 0 Å². The first-order chi connectivity index (χ1) is 9.81. The van der Waals surface area contributed by atoms with Crippen molar-refractivity contribution in [1.29, 1.82) is 0 Å². The van der Waals surface area contributed by atoms with Gasteiger partial charge in [-0.05, 0) is 18.0 Å². The zero-order valence-electron chi connectivity index (χ0n) is 11.1. The van der Waals surface area contributed by atoms with Crippen molar-refractivity contribution in [3.63, 3.8) is 0 Å². The van der Waals surface area contributed by atoms with E-state index < -0.39 is 0 Å². The first-order valence-electron chi connectivity index (χ1n) is 6.76. The normalized spacial score (nSPS) is 23.1. The van der Waals surface area contributed by atoms with Crippen molar-refractivity contribution in [2.75, 3.05) is 51.0 Å². The van der Waals surface area contributed by atoms with Crippen molar-refractivity contribution in [2.24, 2.45) is 5.92 Å². The van der Waals surface area contributed by atoms with Gasteiger partial charge in [-0.3, -0.25) is 0 Å². The first-order valence-corrected chi connectivity index (χ1v) is 7.14. The van der Waals surface area contributed by atoms with E-state index in [0.717, 1.165) is 32.7 Å². The third-order valence-electron chi connectivity index (χ3n) is 3.34. The van der Waals surface area contributed by atoms with Crippen LogP contribution in [-0.4, -0.2) is 61.1 Å². The smallest absolute Gasteiger partial charge is 0.322 e. The number of nitrogens with zero attached hydrogens (tertiary/aromatic N) is 4. The molecule has 0 aliphatic carbocycles. The van der Waals surface area contributed by atoms with Crippen molar-refractivity contribution in [2.45, 2.75) is 6.42 Å². The lowest BCUT2D eigenvalue weighted by Crippen LogP contribution is -2.37. The van der Waals surface area contributed by atoms with E-state index in [0.29, 0.717) is 31.7 Å². The molecule has 1 atom stereocenters. The zero-order chi connectivity index (χ0) is 13.8. The zero-order valence-corrected chi connectivity index (χ0v) is 11.9. The summed E-state index contributed by atoms with van der Waals surface area (Å²) in [5.74, 6) is 0.948. The summed E-state index contributed by atoms with van der Waals surface area (Å²) in [6.07, 6.45) is 1.01. The van der Waals surface area contributed by atoms with Crippen LogP contribution >= 0.6 is 11.6 Å². The Bertz CT molecular complexity index is 450. The van der Waals surface area contributed by atoms with E-state index in [1.54, 1.807) is 0 Å². The number of hydrogen-bond donors (Lipinski definition) is 0. The Morgan fingerprint density at radius 3 is 2.75 bits per heavy atom. The topological polar surface area (TPSA) is 69.6 Å². The third kappa shape index (κ3) is 3.47. The Morgan fingerprint density at radius 2 is 2.00 bits per heavy atom. The van der Waals surface area contributed by atoms with Gasteiger partial charge in [-0.1, -0.05) is 0 Å². The highest BCUT2D eigenvalue weighted by atomic mass is 35.5. The molecule has 0 saturated carbocycles. The Kier molecular flexibility index (Phi) is 4.49. The number of rotatable bonds is 4. The van der Waals surface area contributed by atoms with Crippen LogP contribution in [0.5, 0.6) is 6.01 Å². The second-order valence-corrected chi connectivity index (χ2v) is 5.17. The molecule has 1 aromatic heterocycles. The molecule has 0 N–H and O–H groups in total. The summed E-state index contributed by atoms with van der Waals surface area (Å²) >= 11 is 5.94. The van der Waals surface area contributed by atoms with Gasteiger partial charge in [-0.25, -0.2) is 0 Å². The molecule has 110 valence electrons. The third-order valence-corrected chi connectivity index (χ3v) is 3.51. The minimum atomic E-state index is 0.152. The predicted octanol–water partition coefficient (Wildman–Crippen LogP) is 0.777. The highest BCUT2D eigenvalue weighted by molar-refractivity contribution is 6.28.